The van der Waals surface area contributed by atoms with Crippen LogP contribution in [0.2, 0.25) is 0 Å². The van der Waals surface area contributed by atoms with Crippen LogP contribution in [0.3, 0.4) is 0 Å². The van der Waals surface area contributed by atoms with Crippen LogP contribution in [-0.2, 0) is 24.5 Å². The van der Waals surface area contributed by atoms with Crippen molar-refractivity contribution >= 4 is 11.9 Å². The van der Waals surface area contributed by atoms with Crippen LogP contribution in [0.1, 0.15) is 64.5 Å². The molecule has 0 aromatic heterocycles. The topological polar surface area (TPSA) is 71.1 Å². The molecule has 0 heterocycles. The van der Waals surface area contributed by atoms with Gasteiger partial charge in [-0.05, 0) is 86.8 Å². The molecule has 3 rings (SSSR count). The molecule has 1 aliphatic carbocycles. The van der Waals surface area contributed by atoms with Gasteiger partial charge >= 0.3 is 11.9 Å². The summed E-state index contributed by atoms with van der Waals surface area (Å²) in [7, 11) is 0. The Kier molecular flexibility index (Phi) is 10.8. The lowest BCUT2D eigenvalue weighted by molar-refractivity contribution is -0.140. The number of carbonyl (C=O) groups is 2. The lowest BCUT2D eigenvalue weighted by Gasteiger charge is -2.42. The molecule has 0 atom stereocenters. The predicted molar refractivity (Wildman–Crippen MR) is 153 cm³/mol. The summed E-state index contributed by atoms with van der Waals surface area (Å²) >= 11 is 0. The second-order valence-corrected chi connectivity index (χ2v) is 10.7. The van der Waals surface area contributed by atoms with Gasteiger partial charge in [0, 0.05) is 16.6 Å². The second-order valence-electron chi connectivity index (χ2n) is 10.7. The van der Waals surface area contributed by atoms with E-state index in [1.165, 1.54) is 24.0 Å². The van der Waals surface area contributed by atoms with Crippen molar-refractivity contribution in [3.63, 3.8) is 0 Å². The maximum Gasteiger partial charge on any atom is 0.333 e. The summed E-state index contributed by atoms with van der Waals surface area (Å²) < 4.78 is 21.8. The first-order valence-electron chi connectivity index (χ1n) is 13.7. The van der Waals surface area contributed by atoms with Crippen LogP contribution in [0.4, 0.5) is 0 Å². The van der Waals surface area contributed by atoms with Gasteiger partial charge in [0.05, 0.1) is 0 Å². The molecule has 0 radical (unpaired) electrons. The summed E-state index contributed by atoms with van der Waals surface area (Å²) in [6.45, 7) is 16.0. The van der Waals surface area contributed by atoms with Gasteiger partial charge in [-0.3, -0.25) is 0 Å². The average Bonchev–Trinajstić information content (AvgIpc) is 2.93. The lowest BCUT2D eigenvalue weighted by Crippen LogP contribution is -2.34. The molecule has 2 aromatic carbocycles. The summed E-state index contributed by atoms with van der Waals surface area (Å²) in [6.07, 6.45) is 4.50. The number of carbonyl (C=O) groups excluding carboxylic acids is 2. The van der Waals surface area contributed by atoms with E-state index in [-0.39, 0.29) is 31.8 Å². The van der Waals surface area contributed by atoms with Crippen LogP contribution in [0.5, 0.6) is 11.5 Å². The molecular formula is C33H42O6. The number of esters is 2. The highest BCUT2D eigenvalue weighted by Gasteiger charge is 2.39. The lowest BCUT2D eigenvalue weighted by atomic mass is 9.62. The van der Waals surface area contributed by atoms with Gasteiger partial charge < -0.3 is 18.9 Å². The minimum Gasteiger partial charge on any atom is -0.490 e. The number of rotatable bonds is 13. The third-order valence-corrected chi connectivity index (χ3v) is 7.51. The van der Waals surface area contributed by atoms with Gasteiger partial charge in [0.25, 0.3) is 0 Å². The molecule has 2 aromatic rings. The standard InChI is InChI=1S/C33H42O6/c1-23(2)26-15-17-33(18-16-26,27-7-11-29(12-8-27)36-19-21-38-31(34)24(3)4)28-9-13-30(14-10-28)37-20-22-39-32(35)25(5)6/h7-14,23,26H,3,5,15-22H2,1-2,4,6H3. The minimum absolute atomic E-state index is 0.0868. The molecule has 0 amide bonds. The van der Waals surface area contributed by atoms with Crippen LogP contribution in [0.25, 0.3) is 0 Å². The third kappa shape index (κ3) is 8.22. The fourth-order valence-electron chi connectivity index (χ4n) is 5.12. The molecule has 0 saturated heterocycles. The molecule has 210 valence electrons. The van der Waals surface area contributed by atoms with Crippen molar-refractivity contribution in [1.82, 2.24) is 0 Å². The smallest absolute Gasteiger partial charge is 0.333 e. The van der Waals surface area contributed by atoms with E-state index in [1.54, 1.807) is 13.8 Å². The Morgan fingerprint density at radius 3 is 1.46 bits per heavy atom. The van der Waals surface area contributed by atoms with E-state index >= 15 is 0 Å². The van der Waals surface area contributed by atoms with Crippen LogP contribution in [0, 0.1) is 11.8 Å². The maximum absolute atomic E-state index is 11.5. The van der Waals surface area contributed by atoms with Crippen molar-refractivity contribution < 1.29 is 28.5 Å². The Labute approximate surface area is 233 Å². The van der Waals surface area contributed by atoms with Crippen LogP contribution in [-0.4, -0.2) is 38.4 Å². The van der Waals surface area contributed by atoms with E-state index < -0.39 is 11.9 Å². The van der Waals surface area contributed by atoms with Gasteiger partial charge in [-0.15, -0.1) is 0 Å². The van der Waals surface area contributed by atoms with Crippen LogP contribution < -0.4 is 9.47 Å². The van der Waals surface area contributed by atoms with Crippen molar-refractivity contribution in [2.75, 3.05) is 26.4 Å². The first kappa shape index (κ1) is 30.0. The highest BCUT2D eigenvalue weighted by atomic mass is 16.6. The Morgan fingerprint density at radius 2 is 1.13 bits per heavy atom. The van der Waals surface area contributed by atoms with Crippen molar-refractivity contribution in [2.45, 2.75) is 58.8 Å². The summed E-state index contributed by atoms with van der Waals surface area (Å²) in [4.78, 5) is 23.1. The zero-order valence-corrected chi connectivity index (χ0v) is 23.8. The van der Waals surface area contributed by atoms with Crippen molar-refractivity contribution in [2.24, 2.45) is 11.8 Å². The number of hydrogen-bond acceptors (Lipinski definition) is 6. The van der Waals surface area contributed by atoms with Gasteiger partial charge in [-0.2, -0.15) is 0 Å². The summed E-state index contributed by atoms with van der Waals surface area (Å²) in [5, 5.41) is 0. The first-order chi connectivity index (χ1) is 18.6. The average molecular weight is 535 g/mol. The Hall–Kier alpha value is -3.54. The third-order valence-electron chi connectivity index (χ3n) is 7.51. The van der Waals surface area contributed by atoms with Crippen molar-refractivity contribution in [3.05, 3.63) is 84.0 Å². The Bertz CT molecular complexity index is 1040. The Morgan fingerprint density at radius 1 is 0.744 bits per heavy atom. The van der Waals surface area contributed by atoms with Crippen LogP contribution >= 0.6 is 0 Å². The number of hydrogen-bond donors (Lipinski definition) is 0. The first-order valence-corrected chi connectivity index (χ1v) is 13.7. The molecule has 1 aliphatic rings. The molecule has 6 nitrogen and oxygen atoms in total. The van der Waals surface area contributed by atoms with E-state index in [2.05, 4.69) is 51.3 Å². The molecule has 39 heavy (non-hydrogen) atoms. The molecule has 6 heteroatoms. The second kappa shape index (κ2) is 14.0. The SMILES string of the molecule is C=C(C)C(=O)OCCOc1ccc(C2(c3ccc(OCCOC(=O)C(=C)C)cc3)CCC(C(C)C)CC2)cc1. The minimum atomic E-state index is -0.407. The van der Waals surface area contributed by atoms with Crippen molar-refractivity contribution in [1.29, 1.82) is 0 Å². The Balaban J connectivity index is 1.69. The van der Waals surface area contributed by atoms with E-state index in [1.807, 2.05) is 24.3 Å². The maximum atomic E-state index is 11.5. The van der Waals surface area contributed by atoms with Gasteiger partial charge in [0.1, 0.15) is 37.9 Å². The van der Waals surface area contributed by atoms with Gasteiger partial charge in [0.15, 0.2) is 0 Å². The zero-order chi connectivity index (χ0) is 28.4. The van der Waals surface area contributed by atoms with Crippen LogP contribution in [0.15, 0.2) is 72.8 Å². The summed E-state index contributed by atoms with van der Waals surface area (Å²) in [5.41, 5.74) is 3.20. The van der Waals surface area contributed by atoms with Gasteiger partial charge in [0.2, 0.25) is 0 Å². The van der Waals surface area contributed by atoms with E-state index in [4.69, 9.17) is 18.9 Å². The molecule has 0 unspecified atom stereocenters. The molecule has 0 aliphatic heterocycles. The molecule has 0 bridgehead atoms. The van der Waals surface area contributed by atoms with E-state index in [0.29, 0.717) is 17.1 Å². The molecular weight excluding hydrogens is 492 g/mol. The quantitative estimate of drug-likeness (QED) is 0.160. The predicted octanol–water partition coefficient (Wildman–Crippen LogP) is 6.82. The molecule has 1 fully saturated rings. The summed E-state index contributed by atoms with van der Waals surface area (Å²) in [6, 6.07) is 16.6. The monoisotopic (exact) mass is 534 g/mol. The van der Waals surface area contributed by atoms with E-state index in [9.17, 15) is 9.59 Å². The highest BCUT2D eigenvalue weighted by molar-refractivity contribution is 5.87. The normalized spacial score (nSPS) is 14.9. The zero-order valence-electron chi connectivity index (χ0n) is 23.8. The number of ether oxygens (including phenoxy) is 4. The molecule has 1 saturated carbocycles. The summed E-state index contributed by atoms with van der Waals surface area (Å²) in [5.74, 6) is 2.07. The molecule has 0 N–H and O–H groups in total. The van der Waals surface area contributed by atoms with Gasteiger partial charge in [-0.1, -0.05) is 51.3 Å². The van der Waals surface area contributed by atoms with Crippen molar-refractivity contribution in [3.8, 4) is 11.5 Å². The fraction of sp³-hybridized carbons (Fsp3) is 0.455. The fourth-order valence-corrected chi connectivity index (χ4v) is 5.12. The number of benzene rings is 2. The molecule has 0 spiro atoms. The van der Waals surface area contributed by atoms with Gasteiger partial charge in [-0.25, -0.2) is 9.59 Å². The largest absolute Gasteiger partial charge is 0.490 e. The van der Waals surface area contributed by atoms with E-state index in [0.717, 1.165) is 30.3 Å². The highest BCUT2D eigenvalue weighted by Crippen LogP contribution is 2.48.